The van der Waals surface area contributed by atoms with Gasteiger partial charge in [0.15, 0.2) is 11.5 Å². The molecule has 3 rings (SSSR count). The monoisotopic (exact) mass is 261 g/mol. The number of furan rings is 1. The molecular weight excluding hydrogens is 242 g/mol. The predicted molar refractivity (Wildman–Crippen MR) is 70.4 cm³/mol. The number of hydrogen-bond donors (Lipinski definition) is 1. The van der Waals surface area contributed by atoms with Crippen LogP contribution in [0.25, 0.3) is 0 Å². The van der Waals surface area contributed by atoms with E-state index in [4.69, 9.17) is 4.42 Å². The predicted octanol–water partition coefficient (Wildman–Crippen LogP) is 2.64. The fraction of sp³-hybridized carbons (Fsp3) is 0.600. The molecule has 0 unspecified atom stereocenters. The molecule has 0 atom stereocenters. The standard InChI is InChI=1S/C15H19NO3/c1-9-13-11(17)6-3-7-12(13)19-14(9)15(18)16-8-10-4-2-5-10/h10H,2-8H2,1H3,(H,16,18). The van der Waals surface area contributed by atoms with E-state index in [0.29, 0.717) is 35.0 Å². The van der Waals surface area contributed by atoms with E-state index in [1.165, 1.54) is 19.3 Å². The molecule has 1 N–H and O–H groups in total. The number of hydrogen-bond acceptors (Lipinski definition) is 3. The van der Waals surface area contributed by atoms with Gasteiger partial charge in [0.1, 0.15) is 5.76 Å². The molecule has 1 heterocycles. The minimum atomic E-state index is -0.174. The fourth-order valence-electron chi connectivity index (χ4n) is 2.88. The number of aryl methyl sites for hydroxylation is 1. The van der Waals surface area contributed by atoms with Gasteiger partial charge in [-0.15, -0.1) is 0 Å². The van der Waals surface area contributed by atoms with Gasteiger partial charge >= 0.3 is 0 Å². The normalized spacial score (nSPS) is 18.9. The smallest absolute Gasteiger partial charge is 0.287 e. The lowest BCUT2D eigenvalue weighted by molar-refractivity contribution is 0.0905. The molecule has 2 aliphatic carbocycles. The Balaban J connectivity index is 1.76. The van der Waals surface area contributed by atoms with Gasteiger partial charge in [0, 0.05) is 24.9 Å². The van der Waals surface area contributed by atoms with Crippen molar-refractivity contribution in [3.63, 3.8) is 0 Å². The average molecular weight is 261 g/mol. The third-order valence-corrected chi connectivity index (χ3v) is 4.29. The van der Waals surface area contributed by atoms with Crippen LogP contribution in [0.15, 0.2) is 4.42 Å². The first kappa shape index (κ1) is 12.5. The topological polar surface area (TPSA) is 59.3 Å². The summed E-state index contributed by atoms with van der Waals surface area (Å²) in [5.74, 6) is 1.59. The zero-order chi connectivity index (χ0) is 13.4. The summed E-state index contributed by atoms with van der Waals surface area (Å²) in [6.45, 7) is 2.53. The van der Waals surface area contributed by atoms with E-state index in [2.05, 4.69) is 5.32 Å². The molecule has 0 aromatic carbocycles. The van der Waals surface area contributed by atoms with Crippen molar-refractivity contribution in [3.8, 4) is 0 Å². The molecule has 0 spiro atoms. The number of Topliss-reactive ketones (excluding diaryl/α,β-unsaturated/α-hetero) is 1. The number of fused-ring (bicyclic) bond motifs is 1. The highest BCUT2D eigenvalue weighted by Crippen LogP contribution is 2.29. The molecule has 0 saturated heterocycles. The Kier molecular flexibility index (Phi) is 3.17. The lowest BCUT2D eigenvalue weighted by atomic mass is 9.85. The van der Waals surface area contributed by atoms with Crippen LogP contribution in [0.1, 0.15) is 64.3 Å². The zero-order valence-electron chi connectivity index (χ0n) is 11.3. The Hall–Kier alpha value is -1.58. The van der Waals surface area contributed by atoms with Crippen molar-refractivity contribution in [1.29, 1.82) is 0 Å². The van der Waals surface area contributed by atoms with Crippen LogP contribution in [-0.2, 0) is 6.42 Å². The van der Waals surface area contributed by atoms with Gasteiger partial charge in [0.25, 0.3) is 5.91 Å². The van der Waals surface area contributed by atoms with Crippen LogP contribution >= 0.6 is 0 Å². The fourth-order valence-corrected chi connectivity index (χ4v) is 2.88. The molecule has 0 aliphatic heterocycles. The van der Waals surface area contributed by atoms with Crippen molar-refractivity contribution in [2.75, 3.05) is 6.54 Å². The van der Waals surface area contributed by atoms with Crippen molar-refractivity contribution in [2.45, 2.75) is 45.4 Å². The maximum Gasteiger partial charge on any atom is 0.287 e. The van der Waals surface area contributed by atoms with Crippen molar-refractivity contribution < 1.29 is 14.0 Å². The molecule has 1 fully saturated rings. The summed E-state index contributed by atoms with van der Waals surface area (Å²) < 4.78 is 5.62. The largest absolute Gasteiger partial charge is 0.455 e. The summed E-state index contributed by atoms with van der Waals surface area (Å²) in [6, 6.07) is 0. The van der Waals surface area contributed by atoms with E-state index in [-0.39, 0.29) is 11.7 Å². The second-order valence-electron chi connectivity index (χ2n) is 5.64. The van der Waals surface area contributed by atoms with E-state index in [0.717, 1.165) is 19.4 Å². The highest BCUT2D eigenvalue weighted by molar-refractivity contribution is 6.03. The van der Waals surface area contributed by atoms with Crippen LogP contribution < -0.4 is 5.32 Å². The molecule has 1 aromatic heterocycles. The first-order valence-electron chi connectivity index (χ1n) is 7.10. The summed E-state index contributed by atoms with van der Waals surface area (Å²) >= 11 is 0. The van der Waals surface area contributed by atoms with Crippen molar-refractivity contribution in [3.05, 3.63) is 22.6 Å². The Bertz CT molecular complexity index is 526. The Labute approximate surface area is 112 Å². The average Bonchev–Trinajstić information content (AvgIpc) is 2.66. The van der Waals surface area contributed by atoms with Gasteiger partial charge in [0.05, 0.1) is 5.56 Å². The third kappa shape index (κ3) is 2.20. The van der Waals surface area contributed by atoms with E-state index < -0.39 is 0 Å². The molecule has 4 nitrogen and oxygen atoms in total. The number of ketones is 1. The summed E-state index contributed by atoms with van der Waals surface area (Å²) in [5.41, 5.74) is 1.37. The highest BCUT2D eigenvalue weighted by atomic mass is 16.4. The first-order valence-corrected chi connectivity index (χ1v) is 7.10. The minimum absolute atomic E-state index is 0.112. The highest BCUT2D eigenvalue weighted by Gasteiger charge is 2.29. The molecule has 2 aliphatic rings. The zero-order valence-corrected chi connectivity index (χ0v) is 11.3. The van der Waals surface area contributed by atoms with Crippen LogP contribution in [0.2, 0.25) is 0 Å². The molecule has 1 saturated carbocycles. The van der Waals surface area contributed by atoms with Crippen molar-refractivity contribution >= 4 is 11.7 Å². The maximum atomic E-state index is 12.1. The van der Waals surface area contributed by atoms with Crippen LogP contribution in [0.3, 0.4) is 0 Å². The number of amides is 1. The lowest BCUT2D eigenvalue weighted by Crippen LogP contribution is -2.32. The first-order chi connectivity index (χ1) is 9.16. The van der Waals surface area contributed by atoms with Crippen molar-refractivity contribution in [1.82, 2.24) is 5.32 Å². The number of rotatable bonds is 3. The molecule has 19 heavy (non-hydrogen) atoms. The molecule has 0 radical (unpaired) electrons. The Morgan fingerprint density at radius 1 is 1.32 bits per heavy atom. The van der Waals surface area contributed by atoms with Gasteiger partial charge in [-0.1, -0.05) is 6.42 Å². The van der Waals surface area contributed by atoms with Gasteiger partial charge in [-0.05, 0) is 32.1 Å². The number of carbonyl (C=O) groups excluding carboxylic acids is 2. The second-order valence-corrected chi connectivity index (χ2v) is 5.64. The van der Waals surface area contributed by atoms with Gasteiger partial charge in [-0.2, -0.15) is 0 Å². The summed E-state index contributed by atoms with van der Waals surface area (Å²) in [4.78, 5) is 24.0. The van der Waals surface area contributed by atoms with E-state index >= 15 is 0 Å². The summed E-state index contributed by atoms with van der Waals surface area (Å²) in [7, 11) is 0. The van der Waals surface area contributed by atoms with E-state index in [1.807, 2.05) is 6.92 Å². The summed E-state index contributed by atoms with van der Waals surface area (Å²) in [5, 5.41) is 2.92. The Morgan fingerprint density at radius 2 is 2.11 bits per heavy atom. The molecule has 1 amide bonds. The van der Waals surface area contributed by atoms with Gasteiger partial charge in [-0.3, -0.25) is 9.59 Å². The molecule has 1 aromatic rings. The van der Waals surface area contributed by atoms with Gasteiger partial charge in [-0.25, -0.2) is 0 Å². The molecular formula is C15H19NO3. The van der Waals surface area contributed by atoms with Crippen LogP contribution in [0, 0.1) is 12.8 Å². The van der Waals surface area contributed by atoms with E-state index in [9.17, 15) is 9.59 Å². The van der Waals surface area contributed by atoms with Crippen LogP contribution in [0.4, 0.5) is 0 Å². The molecule has 102 valence electrons. The second kappa shape index (κ2) is 4.83. The molecule has 0 bridgehead atoms. The van der Waals surface area contributed by atoms with Gasteiger partial charge in [0.2, 0.25) is 0 Å². The van der Waals surface area contributed by atoms with Crippen LogP contribution in [-0.4, -0.2) is 18.2 Å². The van der Waals surface area contributed by atoms with Gasteiger partial charge < -0.3 is 9.73 Å². The SMILES string of the molecule is Cc1c(C(=O)NCC2CCC2)oc2c1C(=O)CCC2. The number of carbonyl (C=O) groups is 2. The van der Waals surface area contributed by atoms with Crippen molar-refractivity contribution in [2.24, 2.45) is 5.92 Å². The van der Waals surface area contributed by atoms with E-state index in [1.54, 1.807) is 0 Å². The Morgan fingerprint density at radius 3 is 2.74 bits per heavy atom. The maximum absolute atomic E-state index is 12.1. The minimum Gasteiger partial charge on any atom is -0.455 e. The quantitative estimate of drug-likeness (QED) is 0.910. The summed E-state index contributed by atoms with van der Waals surface area (Å²) in [6.07, 6.45) is 5.82. The van der Waals surface area contributed by atoms with Crippen LogP contribution in [0.5, 0.6) is 0 Å². The third-order valence-electron chi connectivity index (χ3n) is 4.29. The number of nitrogens with one attached hydrogen (secondary N) is 1. The lowest BCUT2D eigenvalue weighted by Gasteiger charge is -2.25. The molecule has 4 heteroatoms.